The van der Waals surface area contributed by atoms with Crippen LogP contribution in [0, 0.1) is 11.8 Å². The normalized spacial score (nSPS) is 16.9. The summed E-state index contributed by atoms with van der Waals surface area (Å²) in [7, 11) is 1.61. The summed E-state index contributed by atoms with van der Waals surface area (Å²) in [6, 6.07) is 5.34. The van der Waals surface area contributed by atoms with E-state index in [-0.39, 0.29) is 25.1 Å². The van der Waals surface area contributed by atoms with E-state index in [4.69, 9.17) is 20.3 Å². The monoisotopic (exact) mass is 465 g/mol. The highest BCUT2D eigenvalue weighted by Gasteiger charge is 2.24. The van der Waals surface area contributed by atoms with Gasteiger partial charge in [-0.25, -0.2) is 4.79 Å². The largest absolute Gasteiger partial charge is 0.493 e. The van der Waals surface area contributed by atoms with E-state index >= 15 is 0 Å². The molecule has 1 aromatic rings. The molecule has 0 aromatic heterocycles. The number of benzene rings is 1. The van der Waals surface area contributed by atoms with Crippen LogP contribution in [0.3, 0.4) is 0 Å². The summed E-state index contributed by atoms with van der Waals surface area (Å²) in [4.78, 5) is 14.1. The lowest BCUT2D eigenvalue weighted by molar-refractivity contribution is 0.120. The van der Waals surface area contributed by atoms with Crippen molar-refractivity contribution in [3.8, 4) is 11.5 Å². The number of carbonyl (C=O) groups is 1. The number of rotatable bonds is 13. The van der Waals surface area contributed by atoms with Gasteiger partial charge in [-0.05, 0) is 61.6 Å². The van der Waals surface area contributed by atoms with Crippen LogP contribution in [-0.4, -0.2) is 73.2 Å². The van der Waals surface area contributed by atoms with Crippen LogP contribution in [-0.2, 0) is 6.42 Å². The molecule has 33 heavy (non-hydrogen) atoms. The van der Waals surface area contributed by atoms with Crippen molar-refractivity contribution < 1.29 is 24.5 Å². The summed E-state index contributed by atoms with van der Waals surface area (Å²) in [5.74, 6) is 1.95. The topological polar surface area (TPSA) is 117 Å². The SMILES string of the molecule is COc1ccc(C[C@@H](C[C@H](N)[C@@H](O)CNC(=O)N2CCCCC2)C(C)C)cc1OCCCO. The maximum Gasteiger partial charge on any atom is 0.317 e. The van der Waals surface area contributed by atoms with Gasteiger partial charge in [-0.2, -0.15) is 0 Å². The van der Waals surface area contributed by atoms with Gasteiger partial charge in [-0.3, -0.25) is 0 Å². The lowest BCUT2D eigenvalue weighted by atomic mass is 9.83. The minimum Gasteiger partial charge on any atom is -0.493 e. The molecule has 3 atom stereocenters. The van der Waals surface area contributed by atoms with Crippen LogP contribution in [0.25, 0.3) is 0 Å². The number of hydrogen-bond donors (Lipinski definition) is 4. The molecule has 2 rings (SSSR count). The minimum absolute atomic E-state index is 0.0795. The van der Waals surface area contributed by atoms with E-state index in [2.05, 4.69) is 19.2 Å². The van der Waals surface area contributed by atoms with E-state index in [9.17, 15) is 9.90 Å². The van der Waals surface area contributed by atoms with Gasteiger partial charge in [0, 0.05) is 38.7 Å². The smallest absolute Gasteiger partial charge is 0.317 e. The molecule has 0 spiro atoms. The fraction of sp³-hybridized carbons (Fsp3) is 0.720. The Morgan fingerprint density at radius 3 is 2.58 bits per heavy atom. The molecule has 0 saturated carbocycles. The lowest BCUT2D eigenvalue weighted by Gasteiger charge is -2.29. The molecule has 0 aliphatic carbocycles. The van der Waals surface area contributed by atoms with Gasteiger partial charge in [0.05, 0.1) is 19.8 Å². The number of aliphatic hydroxyl groups excluding tert-OH is 2. The molecule has 1 saturated heterocycles. The first-order chi connectivity index (χ1) is 15.8. The van der Waals surface area contributed by atoms with E-state index in [1.165, 1.54) is 6.42 Å². The Hall–Kier alpha value is -2.03. The Bertz CT molecular complexity index is 709. The van der Waals surface area contributed by atoms with Gasteiger partial charge < -0.3 is 35.6 Å². The number of urea groups is 1. The second-order valence-corrected chi connectivity index (χ2v) is 9.32. The number of methoxy groups -OCH3 is 1. The Labute approximate surface area is 198 Å². The van der Waals surface area contributed by atoms with Crippen molar-refractivity contribution in [2.75, 3.05) is 40.0 Å². The summed E-state index contributed by atoms with van der Waals surface area (Å²) in [6.45, 7) is 6.52. The van der Waals surface area contributed by atoms with E-state index in [1.54, 1.807) is 7.11 Å². The fourth-order valence-corrected chi connectivity index (χ4v) is 4.16. The minimum atomic E-state index is -0.798. The molecule has 0 unspecified atom stereocenters. The van der Waals surface area contributed by atoms with Crippen molar-refractivity contribution in [2.45, 2.75) is 64.5 Å². The average Bonchev–Trinajstić information content (AvgIpc) is 2.82. The summed E-state index contributed by atoms with van der Waals surface area (Å²) >= 11 is 0. The molecule has 1 aromatic carbocycles. The number of nitrogens with one attached hydrogen (secondary N) is 1. The molecule has 8 nitrogen and oxygen atoms in total. The van der Waals surface area contributed by atoms with E-state index in [1.807, 2.05) is 23.1 Å². The molecule has 1 heterocycles. The predicted molar refractivity (Wildman–Crippen MR) is 130 cm³/mol. The van der Waals surface area contributed by atoms with Crippen molar-refractivity contribution >= 4 is 6.03 Å². The van der Waals surface area contributed by atoms with Crippen molar-refractivity contribution in [2.24, 2.45) is 17.6 Å². The first-order valence-corrected chi connectivity index (χ1v) is 12.2. The van der Waals surface area contributed by atoms with Crippen molar-refractivity contribution in [3.05, 3.63) is 23.8 Å². The molecule has 0 radical (unpaired) electrons. The molecule has 1 fully saturated rings. The van der Waals surface area contributed by atoms with Crippen LogP contribution in [0.4, 0.5) is 4.79 Å². The third kappa shape index (κ3) is 9.02. The predicted octanol–water partition coefficient (Wildman–Crippen LogP) is 2.54. The van der Waals surface area contributed by atoms with Gasteiger partial charge in [0.1, 0.15) is 0 Å². The highest BCUT2D eigenvalue weighted by molar-refractivity contribution is 5.74. The van der Waals surface area contributed by atoms with Gasteiger partial charge in [-0.15, -0.1) is 0 Å². The second-order valence-electron chi connectivity index (χ2n) is 9.32. The number of likely N-dealkylation sites (tertiary alicyclic amines) is 1. The van der Waals surface area contributed by atoms with E-state index in [0.29, 0.717) is 36.9 Å². The number of carbonyl (C=O) groups excluding carboxylic acids is 1. The standard InChI is InChI=1S/C25H43N3O5/c1-18(2)20(14-19-8-9-23(32-3)24(15-19)33-13-7-12-29)16-21(26)22(30)17-27-25(31)28-10-5-4-6-11-28/h8-9,15,18,20-22,29-30H,4-7,10-14,16-17,26H2,1-3H3,(H,27,31)/t20-,21-,22-/m0/s1. The zero-order chi connectivity index (χ0) is 24.2. The number of nitrogens with zero attached hydrogens (tertiary/aromatic N) is 1. The summed E-state index contributed by atoms with van der Waals surface area (Å²) < 4.78 is 11.2. The number of hydrogen-bond acceptors (Lipinski definition) is 6. The fourth-order valence-electron chi connectivity index (χ4n) is 4.16. The molecule has 2 amide bonds. The zero-order valence-electron chi connectivity index (χ0n) is 20.5. The van der Waals surface area contributed by atoms with Crippen LogP contribution >= 0.6 is 0 Å². The molecule has 5 N–H and O–H groups in total. The molecule has 0 bridgehead atoms. The highest BCUT2D eigenvalue weighted by Crippen LogP contribution is 2.31. The van der Waals surface area contributed by atoms with Crippen molar-refractivity contribution in [1.29, 1.82) is 0 Å². The van der Waals surface area contributed by atoms with Crippen LogP contribution in [0.1, 0.15) is 51.5 Å². The van der Waals surface area contributed by atoms with Gasteiger partial charge in [0.25, 0.3) is 0 Å². The van der Waals surface area contributed by atoms with Crippen LogP contribution in [0.2, 0.25) is 0 Å². The molecule has 8 heteroatoms. The highest BCUT2D eigenvalue weighted by atomic mass is 16.5. The summed E-state index contributed by atoms with van der Waals surface area (Å²) in [6.07, 6.45) is 4.43. The van der Waals surface area contributed by atoms with Crippen LogP contribution < -0.4 is 20.5 Å². The quantitative estimate of drug-likeness (QED) is 0.333. The first kappa shape index (κ1) is 27.2. The number of piperidine rings is 1. The van der Waals surface area contributed by atoms with Crippen molar-refractivity contribution in [1.82, 2.24) is 10.2 Å². The summed E-state index contributed by atoms with van der Waals surface area (Å²) in [5.41, 5.74) is 7.45. The van der Waals surface area contributed by atoms with Crippen LogP contribution in [0.15, 0.2) is 18.2 Å². The number of ether oxygens (including phenoxy) is 2. The number of nitrogens with two attached hydrogens (primary N) is 1. The van der Waals surface area contributed by atoms with Gasteiger partial charge in [0.15, 0.2) is 11.5 Å². The van der Waals surface area contributed by atoms with Gasteiger partial charge in [0.2, 0.25) is 0 Å². The zero-order valence-corrected chi connectivity index (χ0v) is 20.5. The third-order valence-electron chi connectivity index (χ3n) is 6.40. The van der Waals surface area contributed by atoms with Gasteiger partial charge >= 0.3 is 6.03 Å². The third-order valence-corrected chi connectivity index (χ3v) is 6.40. The molecular weight excluding hydrogens is 422 g/mol. The lowest BCUT2D eigenvalue weighted by Crippen LogP contribution is -2.49. The van der Waals surface area contributed by atoms with Crippen molar-refractivity contribution in [3.63, 3.8) is 0 Å². The molecule has 1 aliphatic rings. The maximum atomic E-state index is 12.3. The average molecular weight is 466 g/mol. The molecule has 188 valence electrons. The maximum absolute atomic E-state index is 12.3. The molecular formula is C25H43N3O5. The Morgan fingerprint density at radius 1 is 1.21 bits per heavy atom. The Kier molecular flexibility index (Phi) is 11.8. The van der Waals surface area contributed by atoms with Gasteiger partial charge in [-0.1, -0.05) is 19.9 Å². The molecule has 1 aliphatic heterocycles. The van der Waals surface area contributed by atoms with E-state index in [0.717, 1.165) is 37.9 Å². The number of aliphatic hydroxyl groups is 2. The second kappa shape index (κ2) is 14.3. The number of amides is 2. The summed E-state index contributed by atoms with van der Waals surface area (Å²) in [5, 5.41) is 22.4. The first-order valence-electron chi connectivity index (χ1n) is 12.2. The Morgan fingerprint density at radius 2 is 1.94 bits per heavy atom. The van der Waals surface area contributed by atoms with E-state index < -0.39 is 12.1 Å². The Balaban J connectivity index is 1.92. The van der Waals surface area contributed by atoms with Crippen LogP contribution in [0.5, 0.6) is 11.5 Å².